The molecule has 3 amide bonds. The topological polar surface area (TPSA) is 101 Å². The Kier molecular flexibility index (Phi) is 4.98. The number of aliphatic hydroxyl groups excluding tert-OH is 1. The van der Waals surface area contributed by atoms with Crippen molar-refractivity contribution >= 4 is 40.8 Å². The highest BCUT2D eigenvalue weighted by Crippen LogP contribution is 2.37. The SMILES string of the molecule is CC(=O)N[C@@H]1CCN(C(=O)N2N=NN(c3c(Cl)cccc3Cl)C2O)C1. The van der Waals surface area contributed by atoms with Crippen molar-refractivity contribution in [2.24, 2.45) is 10.4 Å². The van der Waals surface area contributed by atoms with Gasteiger partial charge in [-0.15, -0.1) is 5.01 Å². The first-order valence-corrected chi connectivity index (χ1v) is 8.32. The lowest BCUT2D eigenvalue weighted by Crippen LogP contribution is -2.48. The monoisotopic (exact) mass is 386 g/mol. The van der Waals surface area contributed by atoms with Gasteiger partial charge >= 0.3 is 6.03 Å². The number of nitrogens with zero attached hydrogens (tertiary/aromatic N) is 5. The lowest BCUT2D eigenvalue weighted by Gasteiger charge is -2.26. The zero-order valence-electron chi connectivity index (χ0n) is 13.3. The molecule has 1 unspecified atom stereocenters. The van der Waals surface area contributed by atoms with E-state index in [0.29, 0.717) is 19.5 Å². The molecule has 0 spiro atoms. The summed E-state index contributed by atoms with van der Waals surface area (Å²) in [7, 11) is 0. The van der Waals surface area contributed by atoms with Gasteiger partial charge in [0.05, 0.1) is 10.0 Å². The predicted octanol–water partition coefficient (Wildman–Crippen LogP) is 2.00. The molecule has 3 rings (SSSR count). The van der Waals surface area contributed by atoms with Crippen LogP contribution in [0.25, 0.3) is 0 Å². The van der Waals surface area contributed by atoms with E-state index >= 15 is 0 Å². The molecule has 2 N–H and O–H groups in total. The maximum Gasteiger partial charge on any atom is 0.345 e. The van der Waals surface area contributed by atoms with Crippen molar-refractivity contribution < 1.29 is 14.7 Å². The number of urea groups is 1. The van der Waals surface area contributed by atoms with Gasteiger partial charge in [0.15, 0.2) is 0 Å². The van der Waals surface area contributed by atoms with Crippen LogP contribution in [0.2, 0.25) is 10.0 Å². The number of likely N-dealkylation sites (tertiary alicyclic amines) is 1. The van der Waals surface area contributed by atoms with Crippen molar-refractivity contribution in [1.29, 1.82) is 0 Å². The molecule has 9 nitrogen and oxygen atoms in total. The van der Waals surface area contributed by atoms with E-state index in [0.717, 1.165) is 10.0 Å². The summed E-state index contributed by atoms with van der Waals surface area (Å²) >= 11 is 12.2. The molecular weight excluding hydrogens is 371 g/mol. The molecule has 25 heavy (non-hydrogen) atoms. The number of hydrogen-bond acceptors (Lipinski definition) is 6. The number of benzene rings is 1. The first-order chi connectivity index (χ1) is 11.9. The molecule has 1 aromatic carbocycles. The first-order valence-electron chi connectivity index (χ1n) is 7.56. The number of hydrogen-bond donors (Lipinski definition) is 2. The van der Waals surface area contributed by atoms with E-state index in [2.05, 4.69) is 15.8 Å². The van der Waals surface area contributed by atoms with Gasteiger partial charge in [0.1, 0.15) is 5.69 Å². The molecule has 2 heterocycles. The standard InChI is InChI=1S/C14H16Cl2N6O3/c1-8(23)17-9-5-6-20(7-9)13(24)22-14(25)21(18-19-22)12-10(15)3-2-4-11(12)16/h2-4,9,14,25H,5-7H2,1H3,(H,17,23)/t9-,14?/m1/s1. The minimum absolute atomic E-state index is 0.118. The number of carbonyl (C=O) groups is 2. The Bertz CT molecular complexity index is 710. The molecule has 11 heteroatoms. The molecule has 2 atom stereocenters. The zero-order valence-corrected chi connectivity index (χ0v) is 14.8. The van der Waals surface area contributed by atoms with Crippen LogP contribution in [0.4, 0.5) is 10.5 Å². The van der Waals surface area contributed by atoms with Crippen LogP contribution in [0.3, 0.4) is 0 Å². The van der Waals surface area contributed by atoms with Crippen molar-refractivity contribution in [3.63, 3.8) is 0 Å². The van der Waals surface area contributed by atoms with Gasteiger partial charge in [0.25, 0.3) is 6.35 Å². The lowest BCUT2D eigenvalue weighted by molar-refractivity contribution is -0.119. The normalized spacial score (nSPS) is 22.6. The Balaban J connectivity index is 1.70. The summed E-state index contributed by atoms with van der Waals surface area (Å²) < 4.78 is 0. The molecule has 1 saturated heterocycles. The number of para-hydroxylation sites is 1. The number of anilines is 1. The summed E-state index contributed by atoms with van der Waals surface area (Å²) in [6, 6.07) is 4.20. The van der Waals surface area contributed by atoms with Gasteiger partial charge < -0.3 is 15.3 Å². The van der Waals surface area contributed by atoms with Gasteiger partial charge in [0.2, 0.25) is 5.91 Å². The lowest BCUT2D eigenvalue weighted by atomic mass is 10.3. The number of carbonyl (C=O) groups excluding carboxylic acids is 2. The number of nitrogens with one attached hydrogen (secondary N) is 1. The second kappa shape index (κ2) is 7.03. The van der Waals surface area contributed by atoms with E-state index in [1.54, 1.807) is 18.2 Å². The summed E-state index contributed by atoms with van der Waals surface area (Å²) in [5.41, 5.74) is 0.259. The first kappa shape index (κ1) is 17.7. The molecule has 0 aromatic heterocycles. The van der Waals surface area contributed by atoms with Crippen molar-refractivity contribution in [2.45, 2.75) is 25.7 Å². The average molecular weight is 387 g/mol. The van der Waals surface area contributed by atoms with E-state index in [1.165, 1.54) is 11.8 Å². The van der Waals surface area contributed by atoms with Crippen molar-refractivity contribution in [1.82, 2.24) is 15.2 Å². The van der Waals surface area contributed by atoms with Crippen molar-refractivity contribution in [3.05, 3.63) is 28.2 Å². The Morgan fingerprint density at radius 1 is 1.28 bits per heavy atom. The molecule has 0 saturated carbocycles. The third kappa shape index (κ3) is 3.48. The number of halogens is 2. The highest BCUT2D eigenvalue weighted by Gasteiger charge is 2.39. The summed E-state index contributed by atoms with van der Waals surface area (Å²) in [5, 5.41) is 23.2. The highest BCUT2D eigenvalue weighted by atomic mass is 35.5. The maximum absolute atomic E-state index is 12.6. The van der Waals surface area contributed by atoms with Crippen LogP contribution in [0.15, 0.2) is 28.6 Å². The van der Waals surface area contributed by atoms with E-state index in [-0.39, 0.29) is 27.7 Å². The van der Waals surface area contributed by atoms with Crippen LogP contribution in [-0.2, 0) is 4.79 Å². The van der Waals surface area contributed by atoms with Crippen LogP contribution < -0.4 is 10.3 Å². The summed E-state index contributed by atoms with van der Waals surface area (Å²) in [5.74, 6) is -0.153. The molecule has 1 fully saturated rings. The van der Waals surface area contributed by atoms with Crippen LogP contribution in [0.5, 0.6) is 0 Å². The molecule has 0 radical (unpaired) electrons. The van der Waals surface area contributed by atoms with Gasteiger partial charge in [0, 0.05) is 26.1 Å². The second-order valence-corrected chi connectivity index (χ2v) is 6.51. The van der Waals surface area contributed by atoms with Crippen LogP contribution >= 0.6 is 23.2 Å². The average Bonchev–Trinajstić information content (AvgIpc) is 3.14. The summed E-state index contributed by atoms with van der Waals surface area (Å²) in [6.45, 7) is 2.20. The zero-order chi connectivity index (χ0) is 18.1. The molecule has 134 valence electrons. The Labute approximate surface area is 153 Å². The molecule has 0 bridgehead atoms. The van der Waals surface area contributed by atoms with Crippen LogP contribution in [0, 0.1) is 0 Å². The Morgan fingerprint density at radius 3 is 2.60 bits per heavy atom. The van der Waals surface area contributed by atoms with Gasteiger partial charge in [-0.1, -0.05) is 29.3 Å². The molecule has 1 aromatic rings. The van der Waals surface area contributed by atoms with Gasteiger partial charge in [-0.2, -0.15) is 5.01 Å². The number of rotatable bonds is 2. The summed E-state index contributed by atoms with van der Waals surface area (Å²) in [4.78, 5) is 25.2. The number of aliphatic hydroxyl groups is 1. The fraction of sp³-hybridized carbons (Fsp3) is 0.429. The van der Waals surface area contributed by atoms with Crippen LogP contribution in [-0.4, -0.2) is 52.4 Å². The van der Waals surface area contributed by atoms with Gasteiger partial charge in [-0.3, -0.25) is 4.79 Å². The third-order valence-electron chi connectivity index (χ3n) is 3.90. The Morgan fingerprint density at radius 2 is 1.96 bits per heavy atom. The highest BCUT2D eigenvalue weighted by molar-refractivity contribution is 6.39. The number of amides is 3. The minimum atomic E-state index is -1.47. The van der Waals surface area contributed by atoms with E-state index in [4.69, 9.17) is 23.2 Å². The van der Waals surface area contributed by atoms with Gasteiger partial charge in [-0.05, 0) is 29.0 Å². The Hall–Kier alpha value is -2.10. The minimum Gasteiger partial charge on any atom is -0.353 e. The smallest absolute Gasteiger partial charge is 0.345 e. The van der Waals surface area contributed by atoms with Crippen LogP contribution in [0.1, 0.15) is 13.3 Å². The van der Waals surface area contributed by atoms with E-state index < -0.39 is 12.4 Å². The van der Waals surface area contributed by atoms with E-state index in [9.17, 15) is 14.7 Å². The fourth-order valence-electron chi connectivity index (χ4n) is 2.77. The summed E-state index contributed by atoms with van der Waals surface area (Å²) in [6.07, 6.45) is -0.836. The quantitative estimate of drug-likeness (QED) is 0.811. The second-order valence-electron chi connectivity index (χ2n) is 5.70. The predicted molar refractivity (Wildman–Crippen MR) is 90.8 cm³/mol. The largest absolute Gasteiger partial charge is 0.353 e. The molecule has 0 aliphatic carbocycles. The third-order valence-corrected chi connectivity index (χ3v) is 4.51. The maximum atomic E-state index is 12.6. The van der Waals surface area contributed by atoms with E-state index in [1.807, 2.05) is 0 Å². The fourth-order valence-corrected chi connectivity index (χ4v) is 3.34. The van der Waals surface area contributed by atoms with Crippen molar-refractivity contribution in [3.8, 4) is 0 Å². The van der Waals surface area contributed by atoms with Gasteiger partial charge in [-0.25, -0.2) is 4.79 Å². The molecule has 2 aliphatic heterocycles. The van der Waals surface area contributed by atoms with Crippen molar-refractivity contribution in [2.75, 3.05) is 18.1 Å². The molecular formula is C14H16Cl2N6O3. The molecule has 2 aliphatic rings.